The Morgan fingerprint density at radius 3 is 2.50 bits per heavy atom. The molecule has 0 unspecified atom stereocenters. The Labute approximate surface area is 180 Å². The second-order valence-electron chi connectivity index (χ2n) is 8.70. The third-order valence-electron chi connectivity index (χ3n) is 6.17. The van der Waals surface area contributed by atoms with Gasteiger partial charge in [-0.1, -0.05) is 30.3 Å². The maximum atomic E-state index is 4.35. The van der Waals surface area contributed by atoms with Gasteiger partial charge in [-0.05, 0) is 61.5 Å². The normalized spacial score (nSPS) is 15.7. The molecule has 30 heavy (non-hydrogen) atoms. The number of pyridine rings is 1. The summed E-state index contributed by atoms with van der Waals surface area (Å²) in [6, 6.07) is 13.0. The standard InChI is InChI=1S/C25H33N5/c1-21-6-3-4-8-25(21)20-29-12-9-22(10-13-29)17-30(18-23-7-5-11-26-14-23)19-24-15-27-28(2)16-24/h3-8,11,14-16,22H,9-10,12-13,17-20H2,1-2H3. The molecule has 1 aliphatic rings. The van der Waals surface area contributed by atoms with Crippen molar-refractivity contribution in [2.45, 2.75) is 39.4 Å². The fourth-order valence-electron chi connectivity index (χ4n) is 4.47. The topological polar surface area (TPSA) is 37.2 Å². The highest BCUT2D eigenvalue weighted by Gasteiger charge is 2.22. The molecule has 3 heterocycles. The van der Waals surface area contributed by atoms with Gasteiger partial charge in [-0.3, -0.25) is 19.5 Å². The molecule has 1 fully saturated rings. The zero-order valence-corrected chi connectivity index (χ0v) is 18.2. The molecule has 0 radical (unpaired) electrons. The molecule has 1 aromatic carbocycles. The number of rotatable bonds is 8. The summed E-state index contributed by atoms with van der Waals surface area (Å²) in [6.07, 6.45) is 10.5. The van der Waals surface area contributed by atoms with Gasteiger partial charge in [-0.15, -0.1) is 0 Å². The summed E-state index contributed by atoms with van der Waals surface area (Å²) in [5.74, 6) is 0.742. The number of aryl methyl sites for hydroxylation is 2. The van der Waals surface area contributed by atoms with Gasteiger partial charge in [0.15, 0.2) is 0 Å². The lowest BCUT2D eigenvalue weighted by molar-refractivity contribution is 0.132. The summed E-state index contributed by atoms with van der Waals surface area (Å²) in [5.41, 5.74) is 5.42. The summed E-state index contributed by atoms with van der Waals surface area (Å²) in [4.78, 5) is 9.48. The summed E-state index contributed by atoms with van der Waals surface area (Å²) in [6.45, 7) is 8.67. The molecule has 158 valence electrons. The van der Waals surface area contributed by atoms with E-state index in [4.69, 9.17) is 0 Å². The first-order chi connectivity index (χ1) is 14.7. The van der Waals surface area contributed by atoms with E-state index in [0.29, 0.717) is 0 Å². The molecule has 0 N–H and O–H groups in total. The molecule has 1 saturated heterocycles. The summed E-state index contributed by atoms with van der Waals surface area (Å²) < 4.78 is 1.89. The average molecular weight is 404 g/mol. The van der Waals surface area contributed by atoms with Crippen molar-refractivity contribution < 1.29 is 0 Å². The second kappa shape index (κ2) is 10.0. The maximum absolute atomic E-state index is 4.35. The molecule has 0 spiro atoms. The lowest BCUT2D eigenvalue weighted by Crippen LogP contribution is -2.38. The molecular formula is C25H33N5. The molecule has 5 nitrogen and oxygen atoms in total. The Morgan fingerprint density at radius 1 is 1.00 bits per heavy atom. The number of aromatic nitrogens is 3. The van der Waals surface area contributed by atoms with Crippen molar-refractivity contribution in [3.05, 3.63) is 83.4 Å². The van der Waals surface area contributed by atoms with Crippen molar-refractivity contribution >= 4 is 0 Å². The van der Waals surface area contributed by atoms with Crippen molar-refractivity contribution in [1.82, 2.24) is 24.6 Å². The van der Waals surface area contributed by atoms with Crippen LogP contribution in [0.2, 0.25) is 0 Å². The van der Waals surface area contributed by atoms with Crippen molar-refractivity contribution in [3.63, 3.8) is 0 Å². The molecule has 0 saturated carbocycles. The minimum Gasteiger partial charge on any atom is -0.299 e. The van der Waals surface area contributed by atoms with Crippen molar-refractivity contribution in [2.75, 3.05) is 19.6 Å². The van der Waals surface area contributed by atoms with Crippen LogP contribution >= 0.6 is 0 Å². The first kappa shape index (κ1) is 20.8. The van der Waals surface area contributed by atoms with E-state index in [1.165, 1.54) is 48.2 Å². The second-order valence-corrected chi connectivity index (χ2v) is 8.70. The van der Waals surface area contributed by atoms with Gasteiger partial charge in [-0.25, -0.2) is 0 Å². The van der Waals surface area contributed by atoms with Gasteiger partial charge in [0.25, 0.3) is 0 Å². The van der Waals surface area contributed by atoms with E-state index >= 15 is 0 Å². The Balaban J connectivity index is 1.34. The van der Waals surface area contributed by atoms with Gasteiger partial charge in [0, 0.05) is 57.4 Å². The van der Waals surface area contributed by atoms with Crippen molar-refractivity contribution in [2.24, 2.45) is 13.0 Å². The average Bonchev–Trinajstić information content (AvgIpc) is 3.16. The molecular weight excluding hydrogens is 370 g/mol. The predicted octanol–water partition coefficient (Wildman–Crippen LogP) is 4.04. The van der Waals surface area contributed by atoms with Crippen LogP contribution in [0.3, 0.4) is 0 Å². The van der Waals surface area contributed by atoms with E-state index in [-0.39, 0.29) is 0 Å². The highest BCUT2D eigenvalue weighted by Crippen LogP contribution is 2.22. The maximum Gasteiger partial charge on any atom is 0.0534 e. The zero-order valence-electron chi connectivity index (χ0n) is 18.2. The summed E-state index contributed by atoms with van der Waals surface area (Å²) >= 11 is 0. The fourth-order valence-corrected chi connectivity index (χ4v) is 4.47. The van der Waals surface area contributed by atoms with Gasteiger partial charge in [0.05, 0.1) is 6.20 Å². The minimum atomic E-state index is 0.742. The summed E-state index contributed by atoms with van der Waals surface area (Å²) in [7, 11) is 1.99. The number of piperidine rings is 1. The molecule has 0 bridgehead atoms. The quantitative estimate of drug-likeness (QED) is 0.569. The molecule has 0 atom stereocenters. The number of nitrogens with zero attached hydrogens (tertiary/aromatic N) is 5. The van der Waals surface area contributed by atoms with Gasteiger partial charge in [0.1, 0.15) is 0 Å². The van der Waals surface area contributed by atoms with E-state index < -0.39 is 0 Å². The monoisotopic (exact) mass is 403 g/mol. The van der Waals surface area contributed by atoms with Crippen LogP contribution in [0.15, 0.2) is 61.2 Å². The lowest BCUT2D eigenvalue weighted by atomic mass is 9.95. The number of benzene rings is 1. The van der Waals surface area contributed by atoms with Gasteiger partial charge in [0.2, 0.25) is 0 Å². The molecule has 4 rings (SSSR count). The first-order valence-corrected chi connectivity index (χ1v) is 11.0. The molecule has 1 aliphatic heterocycles. The smallest absolute Gasteiger partial charge is 0.0534 e. The van der Waals surface area contributed by atoms with E-state index in [1.807, 2.05) is 36.4 Å². The highest BCUT2D eigenvalue weighted by atomic mass is 15.2. The van der Waals surface area contributed by atoms with E-state index in [0.717, 1.165) is 32.1 Å². The van der Waals surface area contributed by atoms with E-state index in [2.05, 4.69) is 63.3 Å². The molecule has 2 aromatic heterocycles. The van der Waals surface area contributed by atoms with Crippen LogP contribution in [-0.2, 0) is 26.7 Å². The third kappa shape index (κ3) is 5.77. The van der Waals surface area contributed by atoms with E-state index in [1.54, 1.807) is 0 Å². The molecule has 0 aliphatic carbocycles. The Morgan fingerprint density at radius 2 is 1.80 bits per heavy atom. The van der Waals surface area contributed by atoms with E-state index in [9.17, 15) is 0 Å². The SMILES string of the molecule is Cc1ccccc1CN1CCC(CN(Cc2cccnc2)Cc2cnn(C)c2)CC1. The van der Waals surface area contributed by atoms with Crippen LogP contribution in [0.4, 0.5) is 0 Å². The number of hydrogen-bond acceptors (Lipinski definition) is 4. The zero-order chi connectivity index (χ0) is 20.8. The van der Waals surface area contributed by atoms with Crippen molar-refractivity contribution in [1.29, 1.82) is 0 Å². The highest BCUT2D eigenvalue weighted by molar-refractivity contribution is 5.25. The first-order valence-electron chi connectivity index (χ1n) is 11.0. The van der Waals surface area contributed by atoms with Crippen LogP contribution in [0.25, 0.3) is 0 Å². The molecule has 0 amide bonds. The third-order valence-corrected chi connectivity index (χ3v) is 6.17. The Bertz CT molecular complexity index is 912. The van der Waals surface area contributed by atoms with Crippen molar-refractivity contribution in [3.8, 4) is 0 Å². The van der Waals surface area contributed by atoms with Crippen LogP contribution in [0, 0.1) is 12.8 Å². The minimum absolute atomic E-state index is 0.742. The molecule has 5 heteroatoms. The lowest BCUT2D eigenvalue weighted by Gasteiger charge is -2.35. The van der Waals surface area contributed by atoms with Gasteiger partial charge < -0.3 is 0 Å². The number of hydrogen-bond donors (Lipinski definition) is 0. The Kier molecular flexibility index (Phi) is 6.92. The van der Waals surface area contributed by atoms with Gasteiger partial charge >= 0.3 is 0 Å². The van der Waals surface area contributed by atoms with Gasteiger partial charge in [-0.2, -0.15) is 5.10 Å². The van der Waals surface area contributed by atoms with Crippen LogP contribution in [0.5, 0.6) is 0 Å². The largest absolute Gasteiger partial charge is 0.299 e. The van der Waals surface area contributed by atoms with Crippen LogP contribution in [0.1, 0.15) is 35.1 Å². The summed E-state index contributed by atoms with van der Waals surface area (Å²) in [5, 5.41) is 4.35. The fraction of sp³-hybridized carbons (Fsp3) is 0.440. The Hall–Kier alpha value is -2.50. The number of likely N-dealkylation sites (tertiary alicyclic amines) is 1. The predicted molar refractivity (Wildman–Crippen MR) is 121 cm³/mol. The molecule has 3 aromatic rings. The van der Waals surface area contributed by atoms with Crippen LogP contribution < -0.4 is 0 Å². The van der Waals surface area contributed by atoms with Crippen LogP contribution in [-0.4, -0.2) is 44.2 Å².